The van der Waals surface area contributed by atoms with E-state index in [1.165, 1.54) is 11.1 Å². The van der Waals surface area contributed by atoms with Gasteiger partial charge in [-0.2, -0.15) is 0 Å². The fraction of sp³-hybridized carbons (Fsp3) is 0.310. The van der Waals surface area contributed by atoms with Gasteiger partial charge in [-0.15, -0.1) is 0 Å². The predicted octanol–water partition coefficient (Wildman–Crippen LogP) is 4.80. The lowest BCUT2D eigenvalue weighted by molar-refractivity contribution is -0.140. The van der Waals surface area contributed by atoms with E-state index in [0.29, 0.717) is 38.8 Å². The Bertz CT molecular complexity index is 1120. The first-order valence-corrected chi connectivity index (χ1v) is 11.7. The summed E-state index contributed by atoms with van der Waals surface area (Å²) >= 11 is 0. The zero-order chi connectivity index (χ0) is 23.3. The Hall–Kier alpha value is -3.40. The lowest BCUT2D eigenvalue weighted by atomic mass is 9.72. The molecule has 0 saturated carbocycles. The van der Waals surface area contributed by atoms with Gasteiger partial charge in [0.1, 0.15) is 0 Å². The molecule has 0 unspecified atom stereocenters. The highest BCUT2D eigenvalue weighted by molar-refractivity contribution is 5.84. The molecule has 4 nitrogen and oxygen atoms in total. The van der Waals surface area contributed by atoms with E-state index < -0.39 is 5.41 Å². The normalized spacial score (nSPS) is 15.2. The zero-order valence-electron chi connectivity index (χ0n) is 19.5. The van der Waals surface area contributed by atoms with Gasteiger partial charge in [-0.3, -0.25) is 9.59 Å². The Balaban J connectivity index is 1.51. The van der Waals surface area contributed by atoms with E-state index in [2.05, 4.69) is 35.6 Å². The molecule has 0 spiro atoms. The van der Waals surface area contributed by atoms with Crippen molar-refractivity contribution in [3.63, 3.8) is 0 Å². The SMILES string of the molecule is CNC(=O)C1(Cc2ccccc2-c2ccccc2)CCN(C(=O)Cc2cccc(C)c2)CC1. The van der Waals surface area contributed by atoms with E-state index in [0.717, 1.165) is 16.7 Å². The molecule has 1 aliphatic heterocycles. The van der Waals surface area contributed by atoms with Gasteiger partial charge in [0.2, 0.25) is 11.8 Å². The summed E-state index contributed by atoms with van der Waals surface area (Å²) in [7, 11) is 1.71. The van der Waals surface area contributed by atoms with E-state index in [1.807, 2.05) is 60.4 Å². The number of amides is 2. The van der Waals surface area contributed by atoms with Crippen molar-refractivity contribution in [2.75, 3.05) is 20.1 Å². The maximum atomic E-state index is 13.1. The summed E-state index contributed by atoms with van der Waals surface area (Å²) in [5.74, 6) is 0.201. The highest BCUT2D eigenvalue weighted by atomic mass is 16.2. The Morgan fingerprint density at radius 1 is 0.909 bits per heavy atom. The minimum absolute atomic E-state index is 0.0659. The molecule has 0 atom stereocenters. The molecule has 3 aromatic rings. The van der Waals surface area contributed by atoms with E-state index in [4.69, 9.17) is 0 Å². The Morgan fingerprint density at radius 3 is 2.30 bits per heavy atom. The van der Waals surface area contributed by atoms with Gasteiger partial charge >= 0.3 is 0 Å². The van der Waals surface area contributed by atoms with Gasteiger partial charge in [0.25, 0.3) is 0 Å². The number of nitrogens with one attached hydrogen (secondary N) is 1. The second kappa shape index (κ2) is 10.0. The summed E-state index contributed by atoms with van der Waals surface area (Å²) in [6.07, 6.45) is 2.40. The summed E-state index contributed by atoms with van der Waals surface area (Å²) in [6, 6.07) is 26.8. The molecule has 1 saturated heterocycles. The Labute approximate surface area is 196 Å². The van der Waals surface area contributed by atoms with Crippen molar-refractivity contribution in [3.8, 4) is 11.1 Å². The minimum atomic E-state index is -0.514. The second-order valence-corrected chi connectivity index (χ2v) is 9.11. The third kappa shape index (κ3) is 5.16. The summed E-state index contributed by atoms with van der Waals surface area (Å²) < 4.78 is 0. The molecule has 0 bridgehead atoms. The maximum absolute atomic E-state index is 13.1. The number of likely N-dealkylation sites (tertiary alicyclic amines) is 1. The number of benzene rings is 3. The van der Waals surface area contributed by atoms with Crippen molar-refractivity contribution in [1.29, 1.82) is 0 Å². The highest BCUT2D eigenvalue weighted by Crippen LogP contribution is 2.38. The average molecular weight is 441 g/mol. The monoisotopic (exact) mass is 440 g/mol. The van der Waals surface area contributed by atoms with Crippen LogP contribution in [0.15, 0.2) is 78.9 Å². The van der Waals surface area contributed by atoms with Gasteiger partial charge in [0.05, 0.1) is 11.8 Å². The van der Waals surface area contributed by atoms with Crippen LogP contribution in [-0.4, -0.2) is 36.9 Å². The highest BCUT2D eigenvalue weighted by Gasteiger charge is 2.42. The van der Waals surface area contributed by atoms with Crippen LogP contribution in [0.3, 0.4) is 0 Å². The number of hydrogen-bond donors (Lipinski definition) is 1. The van der Waals surface area contributed by atoms with Crippen molar-refractivity contribution in [2.24, 2.45) is 5.41 Å². The van der Waals surface area contributed by atoms with E-state index in [-0.39, 0.29) is 11.8 Å². The topological polar surface area (TPSA) is 49.4 Å². The lowest BCUT2D eigenvalue weighted by Crippen LogP contribution is -2.51. The number of hydrogen-bond acceptors (Lipinski definition) is 2. The molecule has 0 radical (unpaired) electrons. The largest absolute Gasteiger partial charge is 0.359 e. The number of nitrogens with zero attached hydrogens (tertiary/aromatic N) is 1. The fourth-order valence-corrected chi connectivity index (χ4v) is 4.98. The van der Waals surface area contributed by atoms with Gasteiger partial charge < -0.3 is 10.2 Å². The molecule has 170 valence electrons. The van der Waals surface area contributed by atoms with Crippen LogP contribution in [0, 0.1) is 12.3 Å². The number of carbonyl (C=O) groups is 2. The first-order valence-electron chi connectivity index (χ1n) is 11.7. The van der Waals surface area contributed by atoms with Crippen molar-refractivity contribution in [1.82, 2.24) is 10.2 Å². The van der Waals surface area contributed by atoms with E-state index in [9.17, 15) is 9.59 Å². The molecule has 33 heavy (non-hydrogen) atoms. The van der Waals surface area contributed by atoms with Crippen LogP contribution in [-0.2, 0) is 22.4 Å². The van der Waals surface area contributed by atoms with Crippen LogP contribution < -0.4 is 5.32 Å². The molecule has 0 aromatic heterocycles. The lowest BCUT2D eigenvalue weighted by Gasteiger charge is -2.41. The van der Waals surface area contributed by atoms with Gasteiger partial charge in [-0.25, -0.2) is 0 Å². The third-order valence-corrected chi connectivity index (χ3v) is 6.85. The molecule has 0 aliphatic carbocycles. The number of aryl methyl sites for hydroxylation is 1. The molecule has 1 N–H and O–H groups in total. The van der Waals surface area contributed by atoms with Gasteiger partial charge in [-0.05, 0) is 48.4 Å². The molecular formula is C29H32N2O2. The zero-order valence-corrected chi connectivity index (χ0v) is 19.5. The molecule has 1 aliphatic rings. The maximum Gasteiger partial charge on any atom is 0.226 e. The average Bonchev–Trinajstić information content (AvgIpc) is 2.85. The van der Waals surface area contributed by atoms with Crippen LogP contribution in [0.25, 0.3) is 11.1 Å². The van der Waals surface area contributed by atoms with Crippen molar-refractivity contribution in [3.05, 3.63) is 95.6 Å². The van der Waals surface area contributed by atoms with Crippen LogP contribution >= 0.6 is 0 Å². The van der Waals surface area contributed by atoms with E-state index >= 15 is 0 Å². The van der Waals surface area contributed by atoms with Crippen LogP contribution in [0.1, 0.15) is 29.5 Å². The predicted molar refractivity (Wildman–Crippen MR) is 133 cm³/mol. The first-order chi connectivity index (χ1) is 16.0. The number of rotatable bonds is 6. The van der Waals surface area contributed by atoms with Crippen molar-refractivity contribution in [2.45, 2.75) is 32.6 Å². The molecular weight excluding hydrogens is 408 g/mol. The van der Waals surface area contributed by atoms with Crippen LogP contribution in [0.4, 0.5) is 0 Å². The van der Waals surface area contributed by atoms with Crippen molar-refractivity contribution < 1.29 is 9.59 Å². The quantitative estimate of drug-likeness (QED) is 0.598. The van der Waals surface area contributed by atoms with E-state index in [1.54, 1.807) is 7.05 Å². The summed E-state index contributed by atoms with van der Waals surface area (Å²) in [5.41, 5.74) is 5.19. The van der Waals surface area contributed by atoms with Crippen molar-refractivity contribution >= 4 is 11.8 Å². The minimum Gasteiger partial charge on any atom is -0.359 e. The first kappa shape index (κ1) is 22.8. The summed E-state index contributed by atoms with van der Waals surface area (Å²) in [6.45, 7) is 3.25. The number of carbonyl (C=O) groups excluding carboxylic acids is 2. The molecule has 4 rings (SSSR count). The molecule has 3 aromatic carbocycles. The van der Waals surface area contributed by atoms with Crippen LogP contribution in [0.5, 0.6) is 0 Å². The Kier molecular flexibility index (Phi) is 6.93. The van der Waals surface area contributed by atoms with Crippen LogP contribution in [0.2, 0.25) is 0 Å². The number of piperidine rings is 1. The second-order valence-electron chi connectivity index (χ2n) is 9.11. The fourth-order valence-electron chi connectivity index (χ4n) is 4.98. The molecule has 1 heterocycles. The smallest absolute Gasteiger partial charge is 0.226 e. The van der Waals surface area contributed by atoms with Gasteiger partial charge in [0.15, 0.2) is 0 Å². The Morgan fingerprint density at radius 2 is 1.61 bits per heavy atom. The molecule has 1 fully saturated rings. The third-order valence-electron chi connectivity index (χ3n) is 6.85. The summed E-state index contributed by atoms with van der Waals surface area (Å²) in [5, 5.41) is 2.90. The molecule has 2 amide bonds. The standard InChI is InChI=1S/C29H32N2O2/c1-22-9-8-10-23(19-22)20-27(32)31-17-15-29(16-18-31,28(33)30-2)21-25-13-6-7-14-26(25)24-11-4-3-5-12-24/h3-14,19H,15-18,20-21H2,1-2H3,(H,30,33). The summed E-state index contributed by atoms with van der Waals surface area (Å²) in [4.78, 5) is 28.0. The van der Waals surface area contributed by atoms with Gasteiger partial charge in [-0.1, -0.05) is 84.4 Å². The molecule has 4 heteroatoms. The van der Waals surface area contributed by atoms with Gasteiger partial charge in [0, 0.05) is 20.1 Å².